The number of benzene rings is 1. The van der Waals surface area contributed by atoms with Crippen LogP contribution in [0.2, 0.25) is 0 Å². The van der Waals surface area contributed by atoms with Gasteiger partial charge in [-0.25, -0.2) is 0 Å². The first-order valence-electron chi connectivity index (χ1n) is 9.47. The van der Waals surface area contributed by atoms with Gasteiger partial charge in [0.1, 0.15) is 0 Å². The van der Waals surface area contributed by atoms with E-state index in [1.54, 1.807) is 0 Å². The van der Waals surface area contributed by atoms with Crippen LogP contribution in [0.25, 0.3) is 0 Å². The van der Waals surface area contributed by atoms with Crippen LogP contribution in [0.15, 0.2) is 24.3 Å². The van der Waals surface area contributed by atoms with Crippen LogP contribution >= 0.6 is 0 Å². The number of carbonyl (C=O) groups excluding carboxylic acids is 2. The lowest BCUT2D eigenvalue weighted by molar-refractivity contribution is -0.862. The number of likely N-dealkylation sites (N-methyl/N-ethyl adjacent to an activating group) is 1. The number of rotatable bonds is 8. The van der Waals surface area contributed by atoms with Gasteiger partial charge in [-0.1, -0.05) is 38.1 Å². The summed E-state index contributed by atoms with van der Waals surface area (Å²) in [4.78, 5) is 25.1. The monoisotopic (exact) mass is 362 g/mol. The van der Waals surface area contributed by atoms with Crippen molar-refractivity contribution in [2.45, 2.75) is 59.5 Å². The van der Waals surface area contributed by atoms with Gasteiger partial charge in [0.25, 0.3) is 11.8 Å². The van der Waals surface area contributed by atoms with Crippen molar-refractivity contribution in [3.8, 4) is 0 Å². The zero-order valence-electron chi connectivity index (χ0n) is 17.4. The second-order valence-electron chi connectivity index (χ2n) is 8.74. The summed E-state index contributed by atoms with van der Waals surface area (Å²) in [5.41, 5.74) is 2.15. The van der Waals surface area contributed by atoms with Gasteiger partial charge >= 0.3 is 0 Å². The maximum Gasteiger partial charge on any atom is 0.275 e. The molecule has 0 aliphatic rings. The molecule has 0 bridgehead atoms. The lowest BCUT2D eigenvalue weighted by Crippen LogP contribution is -3.11. The minimum absolute atomic E-state index is 0.0448. The van der Waals surface area contributed by atoms with Crippen molar-refractivity contribution in [1.29, 1.82) is 0 Å². The van der Waals surface area contributed by atoms with Gasteiger partial charge in [0, 0.05) is 5.54 Å². The summed E-state index contributed by atoms with van der Waals surface area (Å²) in [5, 5.41) is 5.93. The van der Waals surface area contributed by atoms with Crippen LogP contribution in [0.3, 0.4) is 0 Å². The quantitative estimate of drug-likeness (QED) is 0.656. The highest BCUT2D eigenvalue weighted by atomic mass is 16.2. The number of quaternary nitrogens is 1. The van der Waals surface area contributed by atoms with E-state index in [4.69, 9.17) is 0 Å². The molecular weight excluding hydrogens is 326 g/mol. The molecule has 0 aliphatic heterocycles. The van der Waals surface area contributed by atoms with Gasteiger partial charge in [0.05, 0.1) is 13.1 Å². The van der Waals surface area contributed by atoms with E-state index in [9.17, 15) is 9.59 Å². The van der Waals surface area contributed by atoms with E-state index >= 15 is 0 Å². The maximum absolute atomic E-state index is 12.3. The van der Waals surface area contributed by atoms with Gasteiger partial charge in [0.15, 0.2) is 13.1 Å². The van der Waals surface area contributed by atoms with Crippen molar-refractivity contribution >= 4 is 11.8 Å². The fourth-order valence-electron chi connectivity index (χ4n) is 2.86. The normalized spacial score (nSPS) is 14.0. The third-order valence-electron chi connectivity index (χ3n) is 3.94. The maximum atomic E-state index is 12.3. The Labute approximate surface area is 158 Å². The van der Waals surface area contributed by atoms with Crippen molar-refractivity contribution in [3.63, 3.8) is 0 Å². The second kappa shape index (κ2) is 9.72. The summed E-state index contributed by atoms with van der Waals surface area (Å²) in [7, 11) is 1.85. The van der Waals surface area contributed by atoms with Crippen molar-refractivity contribution < 1.29 is 14.5 Å². The largest absolute Gasteiger partial charge is 0.347 e. The molecule has 5 nitrogen and oxygen atoms in total. The van der Waals surface area contributed by atoms with Crippen molar-refractivity contribution in [3.05, 3.63) is 35.4 Å². The van der Waals surface area contributed by atoms with E-state index < -0.39 is 0 Å². The summed E-state index contributed by atoms with van der Waals surface area (Å²) in [6, 6.07) is 8.37. The SMILES string of the molecule is CC(C)Cc1ccc([C@H](C)NC(=O)C[NH+](C)CC(=O)NC(C)(C)C)cc1. The Morgan fingerprint density at radius 1 is 1.00 bits per heavy atom. The number of hydrogen-bond donors (Lipinski definition) is 3. The highest BCUT2D eigenvalue weighted by Crippen LogP contribution is 2.15. The van der Waals surface area contributed by atoms with Gasteiger partial charge in [0.2, 0.25) is 0 Å². The second-order valence-corrected chi connectivity index (χ2v) is 8.74. The molecule has 3 N–H and O–H groups in total. The molecule has 2 atom stereocenters. The van der Waals surface area contributed by atoms with Gasteiger partial charge < -0.3 is 15.5 Å². The molecule has 0 spiro atoms. The molecule has 1 aromatic carbocycles. The number of hydrogen-bond acceptors (Lipinski definition) is 2. The van der Waals surface area contributed by atoms with E-state index in [1.165, 1.54) is 5.56 Å². The molecule has 0 saturated heterocycles. The Kier molecular flexibility index (Phi) is 8.28. The first-order valence-corrected chi connectivity index (χ1v) is 9.47. The summed E-state index contributed by atoms with van der Waals surface area (Å²) < 4.78 is 0. The molecule has 0 fully saturated rings. The molecule has 1 unspecified atom stereocenters. The van der Waals surface area contributed by atoms with Crippen LogP contribution in [-0.4, -0.2) is 37.5 Å². The van der Waals surface area contributed by atoms with Crippen LogP contribution in [0.5, 0.6) is 0 Å². The zero-order chi connectivity index (χ0) is 19.9. The molecule has 26 heavy (non-hydrogen) atoms. The molecule has 0 saturated carbocycles. The number of carbonyl (C=O) groups is 2. The smallest absolute Gasteiger partial charge is 0.275 e. The Bertz CT molecular complexity index is 588. The summed E-state index contributed by atoms with van der Waals surface area (Å²) in [6.07, 6.45) is 1.06. The van der Waals surface area contributed by atoms with Crippen molar-refractivity contribution in [1.82, 2.24) is 10.6 Å². The Balaban J connectivity index is 2.47. The Hall–Kier alpha value is -1.88. The van der Waals surface area contributed by atoms with Gasteiger partial charge in [-0.2, -0.15) is 0 Å². The summed E-state index contributed by atoms with van der Waals surface area (Å²) >= 11 is 0. The number of amides is 2. The molecule has 0 aromatic heterocycles. The van der Waals surface area contributed by atoms with Crippen LogP contribution in [0, 0.1) is 5.92 Å². The molecule has 1 rings (SSSR count). The van der Waals surface area contributed by atoms with Crippen LogP contribution < -0.4 is 15.5 Å². The number of nitrogens with one attached hydrogen (secondary N) is 3. The highest BCUT2D eigenvalue weighted by Gasteiger charge is 2.19. The Morgan fingerprint density at radius 2 is 1.54 bits per heavy atom. The highest BCUT2D eigenvalue weighted by molar-refractivity contribution is 5.79. The topological polar surface area (TPSA) is 62.6 Å². The third-order valence-corrected chi connectivity index (χ3v) is 3.94. The minimum Gasteiger partial charge on any atom is -0.347 e. The predicted octanol–water partition coefficient (Wildman–Crippen LogP) is 1.49. The standard InChI is InChI=1S/C21H35N3O2/c1-15(2)12-17-8-10-18(11-9-17)16(3)22-19(25)13-24(7)14-20(26)23-21(4,5)6/h8-11,15-16H,12-14H2,1-7H3,(H,22,25)(H,23,26)/p+1/t16-/m0/s1. The molecule has 0 aliphatic carbocycles. The molecule has 2 amide bonds. The summed E-state index contributed by atoms with van der Waals surface area (Å²) in [6.45, 7) is 12.8. The third kappa shape index (κ3) is 8.99. The molecule has 0 heterocycles. The van der Waals surface area contributed by atoms with Gasteiger partial charge in [-0.15, -0.1) is 0 Å². The lowest BCUT2D eigenvalue weighted by atomic mass is 10.00. The minimum atomic E-state index is -0.254. The van der Waals surface area contributed by atoms with E-state index in [-0.39, 0.29) is 36.5 Å². The molecule has 0 radical (unpaired) electrons. The molecule has 1 aromatic rings. The van der Waals surface area contributed by atoms with Gasteiger partial charge in [-0.3, -0.25) is 9.59 Å². The Morgan fingerprint density at radius 3 is 2.04 bits per heavy atom. The van der Waals surface area contributed by atoms with Crippen LogP contribution in [0.1, 0.15) is 58.7 Å². The first kappa shape index (κ1) is 22.2. The van der Waals surface area contributed by atoms with Crippen molar-refractivity contribution in [2.24, 2.45) is 5.92 Å². The molecule has 146 valence electrons. The van der Waals surface area contributed by atoms with E-state index in [0.29, 0.717) is 5.92 Å². The zero-order valence-corrected chi connectivity index (χ0v) is 17.4. The van der Waals surface area contributed by atoms with Gasteiger partial charge in [-0.05, 0) is 51.2 Å². The van der Waals surface area contributed by atoms with E-state index in [2.05, 4.69) is 48.7 Å². The summed E-state index contributed by atoms with van der Waals surface area (Å²) in [5.74, 6) is 0.536. The fraction of sp³-hybridized carbons (Fsp3) is 0.619. The van der Waals surface area contributed by atoms with Crippen LogP contribution in [-0.2, 0) is 16.0 Å². The van der Waals surface area contributed by atoms with Crippen LogP contribution in [0.4, 0.5) is 0 Å². The fourth-order valence-corrected chi connectivity index (χ4v) is 2.86. The molecular formula is C21H36N3O2+. The average molecular weight is 363 g/mol. The van der Waals surface area contributed by atoms with E-state index in [0.717, 1.165) is 16.9 Å². The average Bonchev–Trinajstić information content (AvgIpc) is 2.44. The van der Waals surface area contributed by atoms with E-state index in [1.807, 2.05) is 34.7 Å². The molecule has 5 heteroatoms. The van der Waals surface area contributed by atoms with Crippen molar-refractivity contribution in [2.75, 3.05) is 20.1 Å². The first-order chi connectivity index (χ1) is 12.0. The lowest BCUT2D eigenvalue weighted by Gasteiger charge is -2.22. The predicted molar refractivity (Wildman–Crippen MR) is 106 cm³/mol.